The average Bonchev–Trinajstić information content (AvgIpc) is 2.74. The van der Waals surface area contributed by atoms with Gasteiger partial charge in [0.15, 0.2) is 11.5 Å². The van der Waals surface area contributed by atoms with Crippen LogP contribution in [0.25, 0.3) is 0 Å². The molecular formula is C17H18FNO2. The van der Waals surface area contributed by atoms with Crippen LogP contribution in [0, 0.1) is 12.7 Å². The van der Waals surface area contributed by atoms with E-state index in [1.807, 2.05) is 24.3 Å². The van der Waals surface area contributed by atoms with E-state index in [0.717, 1.165) is 29.2 Å². The molecule has 1 aliphatic heterocycles. The van der Waals surface area contributed by atoms with Crippen LogP contribution in [0.15, 0.2) is 36.4 Å². The van der Waals surface area contributed by atoms with Gasteiger partial charge >= 0.3 is 0 Å². The Morgan fingerprint density at radius 2 is 2.00 bits per heavy atom. The first-order valence-electron chi connectivity index (χ1n) is 7.11. The first-order valence-corrected chi connectivity index (χ1v) is 7.11. The van der Waals surface area contributed by atoms with Gasteiger partial charge in [0.05, 0.1) is 13.2 Å². The number of aryl methyl sites for hydroxylation is 1. The summed E-state index contributed by atoms with van der Waals surface area (Å²) in [5.41, 5.74) is 2.41. The SMILES string of the molecule is Cc1ccc(NCc2cccc3c2OCCCO3)cc1F. The third kappa shape index (κ3) is 3.10. The highest BCUT2D eigenvalue weighted by Gasteiger charge is 2.14. The van der Waals surface area contributed by atoms with Crippen molar-refractivity contribution in [3.63, 3.8) is 0 Å². The zero-order valence-electron chi connectivity index (χ0n) is 12.0. The highest BCUT2D eigenvalue weighted by atomic mass is 19.1. The van der Waals surface area contributed by atoms with Crippen LogP contribution in [0.2, 0.25) is 0 Å². The largest absolute Gasteiger partial charge is 0.490 e. The number of ether oxygens (including phenoxy) is 2. The molecule has 1 N–H and O–H groups in total. The Bertz CT molecular complexity index is 643. The van der Waals surface area contributed by atoms with Gasteiger partial charge in [0.1, 0.15) is 5.82 Å². The lowest BCUT2D eigenvalue weighted by molar-refractivity contribution is 0.296. The standard InChI is InChI=1S/C17H18FNO2/c1-12-6-7-14(10-15(12)18)19-11-13-4-2-5-16-17(13)21-9-3-8-20-16/h2,4-7,10,19H,3,8-9,11H2,1H3. The molecule has 0 radical (unpaired) electrons. The second-order valence-electron chi connectivity index (χ2n) is 5.11. The third-order valence-electron chi connectivity index (χ3n) is 3.51. The van der Waals surface area contributed by atoms with Crippen LogP contribution >= 0.6 is 0 Å². The maximum atomic E-state index is 13.5. The molecule has 4 heteroatoms. The summed E-state index contributed by atoms with van der Waals surface area (Å²) in [5, 5.41) is 3.22. The number of halogens is 1. The van der Waals surface area contributed by atoms with Gasteiger partial charge in [0, 0.05) is 24.2 Å². The van der Waals surface area contributed by atoms with Crippen molar-refractivity contribution < 1.29 is 13.9 Å². The Morgan fingerprint density at radius 1 is 1.14 bits per heavy atom. The molecule has 2 aromatic rings. The number of para-hydroxylation sites is 1. The van der Waals surface area contributed by atoms with Gasteiger partial charge in [-0.15, -0.1) is 0 Å². The van der Waals surface area contributed by atoms with E-state index in [1.54, 1.807) is 13.0 Å². The lowest BCUT2D eigenvalue weighted by Crippen LogP contribution is -2.04. The lowest BCUT2D eigenvalue weighted by Gasteiger charge is -2.14. The molecule has 2 aromatic carbocycles. The van der Waals surface area contributed by atoms with E-state index in [4.69, 9.17) is 9.47 Å². The number of anilines is 1. The van der Waals surface area contributed by atoms with Gasteiger partial charge in [-0.05, 0) is 30.7 Å². The first kappa shape index (κ1) is 13.7. The fraction of sp³-hybridized carbons (Fsp3) is 0.294. The first-order chi connectivity index (χ1) is 10.2. The number of fused-ring (bicyclic) bond motifs is 1. The molecule has 0 bridgehead atoms. The molecule has 0 saturated heterocycles. The Morgan fingerprint density at radius 3 is 2.86 bits per heavy atom. The van der Waals surface area contributed by atoms with Crippen molar-refractivity contribution in [1.29, 1.82) is 0 Å². The van der Waals surface area contributed by atoms with Gasteiger partial charge < -0.3 is 14.8 Å². The normalized spacial score (nSPS) is 13.6. The van der Waals surface area contributed by atoms with Crippen molar-refractivity contribution in [2.45, 2.75) is 19.9 Å². The highest BCUT2D eigenvalue weighted by molar-refractivity contribution is 5.50. The number of rotatable bonds is 3. The topological polar surface area (TPSA) is 30.5 Å². The Labute approximate surface area is 123 Å². The molecule has 0 saturated carbocycles. The number of hydrogen-bond acceptors (Lipinski definition) is 3. The molecule has 0 amide bonds. The van der Waals surface area contributed by atoms with Crippen LogP contribution < -0.4 is 14.8 Å². The van der Waals surface area contributed by atoms with Crippen LogP contribution in [0.4, 0.5) is 10.1 Å². The van der Waals surface area contributed by atoms with Crippen LogP contribution in [0.1, 0.15) is 17.5 Å². The van der Waals surface area contributed by atoms with Crippen LogP contribution in [0.5, 0.6) is 11.5 Å². The van der Waals surface area contributed by atoms with E-state index >= 15 is 0 Å². The summed E-state index contributed by atoms with van der Waals surface area (Å²) >= 11 is 0. The minimum Gasteiger partial charge on any atom is -0.490 e. The van der Waals surface area contributed by atoms with Gasteiger partial charge in [-0.3, -0.25) is 0 Å². The number of hydrogen-bond donors (Lipinski definition) is 1. The zero-order valence-corrected chi connectivity index (χ0v) is 12.0. The predicted molar refractivity (Wildman–Crippen MR) is 80.5 cm³/mol. The zero-order chi connectivity index (χ0) is 14.7. The van der Waals surface area contributed by atoms with E-state index < -0.39 is 0 Å². The quantitative estimate of drug-likeness (QED) is 0.928. The molecule has 1 heterocycles. The summed E-state index contributed by atoms with van der Waals surface area (Å²) in [7, 11) is 0. The highest BCUT2D eigenvalue weighted by Crippen LogP contribution is 2.33. The van der Waals surface area contributed by atoms with Crippen molar-refractivity contribution in [1.82, 2.24) is 0 Å². The molecule has 0 atom stereocenters. The molecule has 0 aliphatic carbocycles. The molecule has 0 aromatic heterocycles. The molecule has 21 heavy (non-hydrogen) atoms. The molecule has 0 unspecified atom stereocenters. The summed E-state index contributed by atoms with van der Waals surface area (Å²) in [4.78, 5) is 0. The van der Waals surface area contributed by atoms with E-state index in [-0.39, 0.29) is 5.82 Å². The second kappa shape index (κ2) is 6.04. The average molecular weight is 287 g/mol. The molecular weight excluding hydrogens is 269 g/mol. The van der Waals surface area contributed by atoms with Gasteiger partial charge in [-0.1, -0.05) is 18.2 Å². The van der Waals surface area contributed by atoms with E-state index in [2.05, 4.69) is 5.32 Å². The summed E-state index contributed by atoms with van der Waals surface area (Å²) in [6, 6.07) is 11.0. The van der Waals surface area contributed by atoms with E-state index in [0.29, 0.717) is 25.3 Å². The van der Waals surface area contributed by atoms with E-state index in [9.17, 15) is 4.39 Å². The lowest BCUT2D eigenvalue weighted by atomic mass is 10.1. The van der Waals surface area contributed by atoms with Gasteiger partial charge in [0.25, 0.3) is 0 Å². The fourth-order valence-electron chi connectivity index (χ4n) is 2.29. The summed E-state index contributed by atoms with van der Waals surface area (Å²) in [5.74, 6) is 1.36. The van der Waals surface area contributed by atoms with Crippen LogP contribution in [-0.2, 0) is 6.54 Å². The van der Waals surface area contributed by atoms with Crippen molar-refractivity contribution in [3.8, 4) is 11.5 Å². The maximum Gasteiger partial charge on any atom is 0.166 e. The third-order valence-corrected chi connectivity index (χ3v) is 3.51. The Balaban J connectivity index is 1.77. The minimum absolute atomic E-state index is 0.202. The smallest absolute Gasteiger partial charge is 0.166 e. The molecule has 3 nitrogen and oxygen atoms in total. The van der Waals surface area contributed by atoms with Gasteiger partial charge in [-0.2, -0.15) is 0 Å². The number of benzene rings is 2. The summed E-state index contributed by atoms with van der Waals surface area (Å²) in [6.45, 7) is 3.65. The molecule has 0 spiro atoms. The molecule has 3 rings (SSSR count). The molecule has 110 valence electrons. The van der Waals surface area contributed by atoms with Gasteiger partial charge in [0.2, 0.25) is 0 Å². The summed E-state index contributed by atoms with van der Waals surface area (Å²) < 4.78 is 25.0. The Hall–Kier alpha value is -2.23. The summed E-state index contributed by atoms with van der Waals surface area (Å²) in [6.07, 6.45) is 0.880. The monoisotopic (exact) mass is 287 g/mol. The van der Waals surface area contributed by atoms with E-state index in [1.165, 1.54) is 6.07 Å². The van der Waals surface area contributed by atoms with Crippen molar-refractivity contribution >= 4 is 5.69 Å². The maximum absolute atomic E-state index is 13.5. The second-order valence-corrected chi connectivity index (χ2v) is 5.11. The molecule has 0 fully saturated rings. The predicted octanol–water partition coefficient (Wildman–Crippen LogP) is 3.91. The fourth-order valence-corrected chi connectivity index (χ4v) is 2.29. The van der Waals surface area contributed by atoms with Crippen LogP contribution in [0.3, 0.4) is 0 Å². The van der Waals surface area contributed by atoms with Gasteiger partial charge in [-0.25, -0.2) is 4.39 Å². The van der Waals surface area contributed by atoms with Crippen molar-refractivity contribution in [2.24, 2.45) is 0 Å². The number of nitrogens with one attached hydrogen (secondary N) is 1. The van der Waals surface area contributed by atoms with Crippen LogP contribution in [-0.4, -0.2) is 13.2 Å². The van der Waals surface area contributed by atoms with Crippen molar-refractivity contribution in [2.75, 3.05) is 18.5 Å². The van der Waals surface area contributed by atoms with Crippen molar-refractivity contribution in [3.05, 3.63) is 53.3 Å². The Kier molecular flexibility index (Phi) is 3.95. The molecule has 1 aliphatic rings. The minimum atomic E-state index is -0.202.